The molecule has 86 valence electrons. The second-order valence-electron chi connectivity index (χ2n) is 3.43. The Morgan fingerprint density at radius 2 is 2.12 bits per heavy atom. The highest BCUT2D eigenvalue weighted by Crippen LogP contribution is 1.90. The van der Waals surface area contributed by atoms with Crippen LogP contribution in [0.15, 0.2) is 21.4 Å². The highest BCUT2D eigenvalue weighted by molar-refractivity contribution is 5.35. The Hall–Kier alpha value is -1.64. The lowest BCUT2D eigenvalue weighted by atomic mass is 10.3. The summed E-state index contributed by atoms with van der Waals surface area (Å²) in [5.41, 5.74) is -0.309. The molecule has 1 rings (SSSR count). The lowest BCUT2D eigenvalue weighted by Crippen LogP contribution is -2.41. The predicted molar refractivity (Wildman–Crippen MR) is 65.4 cm³/mol. The van der Waals surface area contributed by atoms with E-state index in [1.807, 2.05) is 32.1 Å². The van der Waals surface area contributed by atoms with Gasteiger partial charge >= 0.3 is 5.63 Å². The first-order valence-corrected chi connectivity index (χ1v) is 5.52. The number of hydrogen-bond donors (Lipinski definition) is 0. The van der Waals surface area contributed by atoms with E-state index in [9.17, 15) is 4.79 Å². The minimum absolute atomic E-state index is 0.309. The van der Waals surface area contributed by atoms with Crippen LogP contribution in [-0.4, -0.2) is 4.98 Å². The van der Waals surface area contributed by atoms with Crippen LogP contribution in [0.4, 0.5) is 0 Å². The van der Waals surface area contributed by atoms with Crippen molar-refractivity contribution < 1.29 is 4.42 Å². The second kappa shape index (κ2) is 6.05. The SMILES string of the molecule is C\C=C/C=c1/nc(CCC)oc(=O)/c1=C/C. The molecule has 0 radical (unpaired) electrons. The fourth-order valence-corrected chi connectivity index (χ4v) is 1.38. The van der Waals surface area contributed by atoms with Crippen LogP contribution in [0.3, 0.4) is 0 Å². The highest BCUT2D eigenvalue weighted by Gasteiger charge is 2.00. The molecule has 1 aromatic rings. The van der Waals surface area contributed by atoms with Crippen LogP contribution in [0.25, 0.3) is 12.2 Å². The fraction of sp³-hybridized carbons (Fsp3) is 0.385. The third-order valence-corrected chi connectivity index (χ3v) is 2.15. The van der Waals surface area contributed by atoms with Crippen molar-refractivity contribution in [2.75, 3.05) is 0 Å². The van der Waals surface area contributed by atoms with Gasteiger partial charge in [-0.25, -0.2) is 9.78 Å². The van der Waals surface area contributed by atoms with Crippen molar-refractivity contribution in [1.82, 2.24) is 4.98 Å². The third kappa shape index (κ3) is 2.92. The van der Waals surface area contributed by atoms with Crippen molar-refractivity contribution in [1.29, 1.82) is 0 Å². The van der Waals surface area contributed by atoms with Gasteiger partial charge in [0.15, 0.2) is 5.89 Å². The summed E-state index contributed by atoms with van der Waals surface area (Å²) >= 11 is 0. The van der Waals surface area contributed by atoms with Gasteiger partial charge in [0.05, 0.1) is 10.6 Å². The first-order valence-electron chi connectivity index (χ1n) is 5.52. The fourth-order valence-electron chi connectivity index (χ4n) is 1.38. The van der Waals surface area contributed by atoms with E-state index in [0.29, 0.717) is 22.9 Å². The predicted octanol–water partition coefficient (Wildman–Crippen LogP) is 1.14. The summed E-state index contributed by atoms with van der Waals surface area (Å²) in [6.07, 6.45) is 8.92. The maximum atomic E-state index is 11.6. The summed E-state index contributed by atoms with van der Waals surface area (Å²) in [5, 5.41) is 1.21. The monoisotopic (exact) mass is 219 g/mol. The van der Waals surface area contributed by atoms with Gasteiger partial charge in [-0.05, 0) is 26.3 Å². The zero-order valence-corrected chi connectivity index (χ0v) is 9.99. The molecule has 0 spiro atoms. The Kier molecular flexibility index (Phi) is 4.70. The van der Waals surface area contributed by atoms with Gasteiger partial charge in [-0.1, -0.05) is 25.2 Å². The molecule has 0 fully saturated rings. The van der Waals surface area contributed by atoms with Crippen LogP contribution in [0, 0.1) is 0 Å². The molecule has 0 atom stereocenters. The van der Waals surface area contributed by atoms with E-state index in [-0.39, 0.29) is 5.63 Å². The number of allylic oxidation sites excluding steroid dienone is 2. The lowest BCUT2D eigenvalue weighted by Gasteiger charge is -1.95. The van der Waals surface area contributed by atoms with Crippen molar-refractivity contribution in [3.63, 3.8) is 0 Å². The molecular weight excluding hydrogens is 202 g/mol. The maximum Gasteiger partial charge on any atom is 0.346 e. The van der Waals surface area contributed by atoms with E-state index in [2.05, 4.69) is 4.98 Å². The minimum Gasteiger partial charge on any atom is -0.408 e. The molecule has 0 aromatic carbocycles. The maximum absolute atomic E-state index is 11.6. The Balaban J connectivity index is 3.50. The molecule has 0 amide bonds. The molecular formula is C13H17NO2. The van der Waals surface area contributed by atoms with Gasteiger partial charge in [-0.3, -0.25) is 0 Å². The summed E-state index contributed by atoms with van der Waals surface area (Å²) in [6, 6.07) is 0. The molecule has 3 nitrogen and oxygen atoms in total. The van der Waals surface area contributed by atoms with Crippen LogP contribution in [0.2, 0.25) is 0 Å². The van der Waals surface area contributed by atoms with Crippen molar-refractivity contribution in [3.05, 3.63) is 39.0 Å². The molecule has 16 heavy (non-hydrogen) atoms. The molecule has 3 heteroatoms. The minimum atomic E-state index is -0.309. The molecule has 0 bridgehead atoms. The number of aryl methyl sites for hydroxylation is 1. The van der Waals surface area contributed by atoms with Gasteiger partial charge in [0.25, 0.3) is 0 Å². The van der Waals surface area contributed by atoms with Gasteiger partial charge in [-0.2, -0.15) is 0 Å². The van der Waals surface area contributed by atoms with Crippen LogP contribution in [-0.2, 0) is 6.42 Å². The number of hydrogen-bond acceptors (Lipinski definition) is 3. The normalized spacial score (nSPS) is 13.9. The summed E-state index contributed by atoms with van der Waals surface area (Å²) in [4.78, 5) is 16.0. The molecule has 1 aromatic heterocycles. The largest absolute Gasteiger partial charge is 0.408 e. The van der Waals surface area contributed by atoms with E-state index in [1.165, 1.54) is 0 Å². The van der Waals surface area contributed by atoms with E-state index in [1.54, 1.807) is 13.0 Å². The van der Waals surface area contributed by atoms with Crippen LogP contribution in [0.5, 0.6) is 0 Å². The molecule has 0 aliphatic carbocycles. The van der Waals surface area contributed by atoms with Crippen molar-refractivity contribution in [3.8, 4) is 0 Å². The number of aromatic nitrogens is 1. The van der Waals surface area contributed by atoms with E-state index < -0.39 is 0 Å². The van der Waals surface area contributed by atoms with Gasteiger partial charge in [0.2, 0.25) is 0 Å². The zero-order valence-electron chi connectivity index (χ0n) is 9.99. The molecule has 0 aliphatic heterocycles. The highest BCUT2D eigenvalue weighted by atomic mass is 16.4. The Bertz CT molecular complexity index is 538. The van der Waals surface area contributed by atoms with Gasteiger partial charge in [-0.15, -0.1) is 0 Å². The van der Waals surface area contributed by atoms with Crippen molar-refractivity contribution >= 4 is 12.2 Å². The average Bonchev–Trinajstić information content (AvgIpc) is 2.26. The van der Waals surface area contributed by atoms with Gasteiger partial charge in [0, 0.05) is 6.42 Å². The van der Waals surface area contributed by atoms with Gasteiger partial charge < -0.3 is 4.42 Å². The summed E-state index contributed by atoms with van der Waals surface area (Å²) in [5.74, 6) is 0.508. The first kappa shape index (κ1) is 12.4. The van der Waals surface area contributed by atoms with Crippen LogP contribution >= 0.6 is 0 Å². The summed E-state index contributed by atoms with van der Waals surface area (Å²) in [7, 11) is 0. The quantitative estimate of drug-likeness (QED) is 0.765. The summed E-state index contributed by atoms with van der Waals surface area (Å²) in [6.45, 7) is 5.75. The Morgan fingerprint density at radius 3 is 2.69 bits per heavy atom. The van der Waals surface area contributed by atoms with E-state index >= 15 is 0 Å². The van der Waals surface area contributed by atoms with E-state index in [0.717, 1.165) is 6.42 Å². The third-order valence-electron chi connectivity index (χ3n) is 2.15. The second-order valence-corrected chi connectivity index (χ2v) is 3.43. The average molecular weight is 219 g/mol. The first-order chi connectivity index (χ1) is 7.72. The Morgan fingerprint density at radius 1 is 1.38 bits per heavy atom. The molecule has 0 unspecified atom stereocenters. The Labute approximate surface area is 94.8 Å². The topological polar surface area (TPSA) is 43.1 Å². The number of rotatable bonds is 3. The zero-order chi connectivity index (χ0) is 12.0. The molecule has 0 saturated carbocycles. The molecule has 0 saturated heterocycles. The summed E-state index contributed by atoms with van der Waals surface area (Å²) < 4.78 is 5.12. The number of nitrogens with zero attached hydrogens (tertiary/aromatic N) is 1. The standard InChI is InChI=1S/C13H17NO2/c1-4-7-9-11-10(6-3)13(15)16-12(14-11)8-5-2/h4,6-7,9H,5,8H2,1-3H3/b7-4-,10-6+,11-9+. The molecule has 1 heterocycles. The smallest absolute Gasteiger partial charge is 0.346 e. The van der Waals surface area contributed by atoms with Gasteiger partial charge in [0.1, 0.15) is 0 Å². The molecule has 0 N–H and O–H groups in total. The van der Waals surface area contributed by atoms with Crippen molar-refractivity contribution in [2.24, 2.45) is 0 Å². The van der Waals surface area contributed by atoms with Crippen molar-refractivity contribution in [2.45, 2.75) is 33.6 Å². The van der Waals surface area contributed by atoms with Crippen LogP contribution in [0.1, 0.15) is 33.1 Å². The van der Waals surface area contributed by atoms with E-state index in [4.69, 9.17) is 4.42 Å². The lowest BCUT2D eigenvalue weighted by molar-refractivity contribution is 0.424. The molecule has 0 aliphatic rings. The van der Waals surface area contributed by atoms with Crippen LogP contribution < -0.4 is 16.2 Å².